The average molecular weight is 228 g/mol. The van der Waals surface area contributed by atoms with Crippen molar-refractivity contribution in [3.63, 3.8) is 0 Å². The van der Waals surface area contributed by atoms with Crippen LogP contribution in [-0.2, 0) is 10.0 Å². The summed E-state index contributed by atoms with van der Waals surface area (Å²) >= 11 is 0. The van der Waals surface area contributed by atoms with Gasteiger partial charge in [-0.05, 0) is 13.0 Å². The molecule has 15 heavy (non-hydrogen) atoms. The molecule has 0 amide bonds. The zero-order valence-electron chi connectivity index (χ0n) is 8.43. The largest absolute Gasteiger partial charge is 0.411 e. The Labute approximate surface area is 88.5 Å². The summed E-state index contributed by atoms with van der Waals surface area (Å²) in [5.74, 6) is 0. The number of hydrogen-bond acceptors (Lipinski definition) is 4. The van der Waals surface area contributed by atoms with Gasteiger partial charge in [0.1, 0.15) is 0 Å². The van der Waals surface area contributed by atoms with Crippen LogP contribution in [0.25, 0.3) is 0 Å². The van der Waals surface area contributed by atoms with E-state index in [4.69, 9.17) is 5.21 Å². The van der Waals surface area contributed by atoms with Crippen molar-refractivity contribution in [1.82, 2.24) is 0 Å². The van der Waals surface area contributed by atoms with E-state index in [2.05, 4.69) is 9.88 Å². The van der Waals surface area contributed by atoms with E-state index in [-0.39, 0.29) is 0 Å². The van der Waals surface area contributed by atoms with Crippen LogP contribution in [0.5, 0.6) is 0 Å². The number of anilines is 1. The van der Waals surface area contributed by atoms with E-state index in [9.17, 15) is 8.42 Å². The van der Waals surface area contributed by atoms with Gasteiger partial charge in [-0.25, -0.2) is 8.42 Å². The predicted octanol–water partition coefficient (Wildman–Crippen LogP) is 1.26. The van der Waals surface area contributed by atoms with Crippen molar-refractivity contribution in [2.45, 2.75) is 6.92 Å². The van der Waals surface area contributed by atoms with Gasteiger partial charge in [0.2, 0.25) is 10.0 Å². The number of rotatable bonds is 3. The van der Waals surface area contributed by atoms with Crippen LogP contribution in [0.15, 0.2) is 29.4 Å². The van der Waals surface area contributed by atoms with Gasteiger partial charge in [0, 0.05) is 5.56 Å². The molecule has 1 rings (SSSR count). The molecule has 0 heterocycles. The summed E-state index contributed by atoms with van der Waals surface area (Å²) in [6.07, 6.45) is 1.06. The minimum Gasteiger partial charge on any atom is -0.411 e. The third-order valence-corrected chi connectivity index (χ3v) is 2.35. The first-order chi connectivity index (χ1) is 6.94. The SMILES string of the molecule is CC(=NO)c1ccccc1NS(C)(=O)=O. The molecule has 0 unspecified atom stereocenters. The lowest BCUT2D eigenvalue weighted by atomic mass is 10.1. The number of para-hydroxylation sites is 1. The maximum Gasteiger partial charge on any atom is 0.229 e. The van der Waals surface area contributed by atoms with Crippen LogP contribution in [0.2, 0.25) is 0 Å². The number of benzene rings is 1. The Hall–Kier alpha value is -1.56. The van der Waals surface area contributed by atoms with Crippen LogP contribution in [0.4, 0.5) is 5.69 Å². The van der Waals surface area contributed by atoms with Crippen LogP contribution in [0, 0.1) is 0 Å². The lowest BCUT2D eigenvalue weighted by Gasteiger charge is -2.08. The molecule has 0 spiro atoms. The maximum absolute atomic E-state index is 11.1. The summed E-state index contributed by atoms with van der Waals surface area (Å²) in [5, 5.41) is 11.7. The van der Waals surface area contributed by atoms with Gasteiger partial charge in [0.25, 0.3) is 0 Å². The molecule has 5 nitrogen and oxygen atoms in total. The summed E-state index contributed by atoms with van der Waals surface area (Å²) in [6, 6.07) is 6.70. The molecule has 6 heteroatoms. The van der Waals surface area contributed by atoms with Gasteiger partial charge < -0.3 is 5.21 Å². The molecule has 0 saturated heterocycles. The summed E-state index contributed by atoms with van der Waals surface area (Å²) < 4.78 is 24.4. The van der Waals surface area contributed by atoms with Crippen LogP contribution in [0.3, 0.4) is 0 Å². The first-order valence-corrected chi connectivity index (χ1v) is 6.09. The Morgan fingerprint density at radius 3 is 2.53 bits per heavy atom. The number of nitrogens with zero attached hydrogens (tertiary/aromatic N) is 1. The van der Waals surface area contributed by atoms with Crippen molar-refractivity contribution in [2.75, 3.05) is 11.0 Å². The fraction of sp³-hybridized carbons (Fsp3) is 0.222. The summed E-state index contributed by atoms with van der Waals surface area (Å²) in [5.41, 5.74) is 1.29. The minimum absolute atomic E-state index is 0.349. The highest BCUT2D eigenvalue weighted by Gasteiger charge is 2.08. The van der Waals surface area contributed by atoms with Crippen LogP contribution >= 0.6 is 0 Å². The molecule has 0 bridgehead atoms. The first-order valence-electron chi connectivity index (χ1n) is 4.20. The summed E-state index contributed by atoms with van der Waals surface area (Å²) in [4.78, 5) is 0. The molecule has 0 radical (unpaired) electrons. The third-order valence-electron chi connectivity index (χ3n) is 1.76. The van der Waals surface area contributed by atoms with Gasteiger partial charge in [0.15, 0.2) is 0 Å². The molecule has 0 aliphatic heterocycles. The quantitative estimate of drug-likeness (QED) is 0.464. The summed E-state index contributed by atoms with van der Waals surface area (Å²) in [6.45, 7) is 1.59. The van der Waals surface area contributed by atoms with Crippen LogP contribution < -0.4 is 4.72 Å². The third kappa shape index (κ3) is 3.25. The molecule has 0 fully saturated rings. The van der Waals surface area contributed by atoms with Crippen LogP contribution in [0.1, 0.15) is 12.5 Å². The monoisotopic (exact) mass is 228 g/mol. The van der Waals surface area contributed by atoms with E-state index in [0.717, 1.165) is 6.26 Å². The van der Waals surface area contributed by atoms with Gasteiger partial charge >= 0.3 is 0 Å². The molecule has 0 atom stereocenters. The lowest BCUT2D eigenvalue weighted by molar-refractivity contribution is 0.319. The van der Waals surface area contributed by atoms with Gasteiger partial charge in [-0.2, -0.15) is 0 Å². The number of nitrogens with one attached hydrogen (secondary N) is 1. The van der Waals surface area contributed by atoms with Gasteiger partial charge in [-0.1, -0.05) is 23.4 Å². The molecule has 0 aliphatic carbocycles. The average Bonchev–Trinajstić information content (AvgIpc) is 2.15. The smallest absolute Gasteiger partial charge is 0.229 e. The highest BCUT2D eigenvalue weighted by atomic mass is 32.2. The molecule has 1 aromatic rings. The molecule has 1 aromatic carbocycles. The maximum atomic E-state index is 11.1. The Morgan fingerprint density at radius 2 is 2.00 bits per heavy atom. The van der Waals surface area contributed by atoms with Crippen molar-refractivity contribution >= 4 is 21.4 Å². The lowest BCUT2D eigenvalue weighted by Crippen LogP contribution is -2.12. The molecule has 2 N–H and O–H groups in total. The first kappa shape index (κ1) is 11.5. The molecule has 82 valence electrons. The molecule has 0 aromatic heterocycles. The van der Waals surface area contributed by atoms with E-state index in [0.29, 0.717) is 17.0 Å². The fourth-order valence-corrected chi connectivity index (χ4v) is 1.72. The Bertz CT molecular complexity index is 480. The number of oxime groups is 1. The van der Waals surface area contributed by atoms with Crippen molar-refractivity contribution < 1.29 is 13.6 Å². The van der Waals surface area contributed by atoms with E-state index < -0.39 is 10.0 Å². The second-order valence-electron chi connectivity index (χ2n) is 3.11. The van der Waals surface area contributed by atoms with Crippen molar-refractivity contribution in [3.8, 4) is 0 Å². The number of sulfonamides is 1. The van der Waals surface area contributed by atoms with E-state index in [1.165, 1.54) is 0 Å². The molecule has 0 aliphatic rings. The predicted molar refractivity (Wildman–Crippen MR) is 58.9 cm³/mol. The Morgan fingerprint density at radius 1 is 1.40 bits per heavy atom. The van der Waals surface area contributed by atoms with Gasteiger partial charge in [0.05, 0.1) is 17.7 Å². The zero-order valence-corrected chi connectivity index (χ0v) is 9.25. The van der Waals surface area contributed by atoms with Gasteiger partial charge in [-0.3, -0.25) is 4.72 Å². The molecule has 0 saturated carbocycles. The Balaban J connectivity index is 3.19. The standard InChI is InChI=1S/C9H12N2O3S/c1-7(10-12)8-5-3-4-6-9(8)11-15(2,13)14/h3-6,11-12H,1-2H3. The van der Waals surface area contributed by atoms with E-state index >= 15 is 0 Å². The molecular weight excluding hydrogens is 216 g/mol. The van der Waals surface area contributed by atoms with Crippen molar-refractivity contribution in [2.24, 2.45) is 5.16 Å². The van der Waals surface area contributed by atoms with E-state index in [1.807, 2.05) is 0 Å². The number of hydrogen-bond donors (Lipinski definition) is 2. The van der Waals surface area contributed by atoms with Crippen molar-refractivity contribution in [3.05, 3.63) is 29.8 Å². The minimum atomic E-state index is -3.33. The second kappa shape index (κ2) is 4.31. The second-order valence-corrected chi connectivity index (χ2v) is 4.85. The Kier molecular flexibility index (Phi) is 3.31. The topological polar surface area (TPSA) is 78.8 Å². The highest BCUT2D eigenvalue weighted by molar-refractivity contribution is 7.92. The normalized spacial score (nSPS) is 12.5. The van der Waals surface area contributed by atoms with Crippen LogP contribution in [-0.4, -0.2) is 25.6 Å². The van der Waals surface area contributed by atoms with E-state index in [1.54, 1.807) is 31.2 Å². The zero-order chi connectivity index (χ0) is 11.5. The summed E-state index contributed by atoms with van der Waals surface area (Å²) in [7, 11) is -3.33. The van der Waals surface area contributed by atoms with Gasteiger partial charge in [-0.15, -0.1) is 0 Å². The highest BCUT2D eigenvalue weighted by Crippen LogP contribution is 2.16. The van der Waals surface area contributed by atoms with Crippen molar-refractivity contribution in [1.29, 1.82) is 0 Å². The molecular formula is C9H12N2O3S. The fourth-order valence-electron chi connectivity index (χ4n) is 1.14.